The molecule has 0 aliphatic carbocycles. The minimum Gasteiger partial charge on any atom is -0.394 e. The van der Waals surface area contributed by atoms with Crippen LogP contribution in [-0.2, 0) is 14.3 Å². The van der Waals surface area contributed by atoms with Crippen molar-refractivity contribution in [3.05, 3.63) is 24.3 Å². The SMILES string of the molecule is CCC/C=C\CCCCCCCC/C=C/[C@@H](O)[C@H](CO[C@@H]1O[C@H](CO)[C@@H](O)C(O)C1O)NC(=O)CCCCCCCCCCCCCCCCCCCCCC. The number of carbonyl (C=O) groups excluding carboxylic acids is 1. The van der Waals surface area contributed by atoms with Crippen LogP contribution in [0, 0.1) is 0 Å². The number of carbonyl (C=O) groups is 1. The standard InChI is InChI=1S/C47H89NO8/c1-3-5-7-9-11-13-15-17-18-19-20-21-22-23-25-27-29-31-33-35-37-43(51)48-40(39-55-47-46(54)45(53)44(52)42(38-49)56-47)41(50)36-34-32-30-28-26-24-16-14-12-10-8-6-4-2/h8,10,34,36,40-42,44-47,49-50,52-54H,3-7,9,11-33,35,37-39H2,1-2H3,(H,48,51)/b10-8-,36-34+/t40-,41+,42+,44+,45?,46?,47+/m0/s1. The number of allylic oxidation sites excluding steroid dienone is 3. The summed E-state index contributed by atoms with van der Waals surface area (Å²) in [6.07, 6.45) is 37.9. The summed E-state index contributed by atoms with van der Waals surface area (Å²) in [5, 5.41) is 54.2. The molecule has 0 saturated carbocycles. The first-order valence-corrected chi connectivity index (χ1v) is 23.6. The zero-order valence-electron chi connectivity index (χ0n) is 36.1. The summed E-state index contributed by atoms with van der Waals surface area (Å²) in [5.74, 6) is -0.178. The molecule has 1 saturated heterocycles. The molecule has 56 heavy (non-hydrogen) atoms. The molecular formula is C47H89NO8. The van der Waals surface area contributed by atoms with Crippen molar-refractivity contribution in [1.82, 2.24) is 5.32 Å². The monoisotopic (exact) mass is 796 g/mol. The van der Waals surface area contributed by atoms with Gasteiger partial charge in [0.1, 0.15) is 24.4 Å². The number of amides is 1. The Hall–Kier alpha value is -1.33. The van der Waals surface area contributed by atoms with Gasteiger partial charge < -0.3 is 40.3 Å². The van der Waals surface area contributed by atoms with Crippen LogP contribution in [0.1, 0.15) is 213 Å². The molecular weight excluding hydrogens is 707 g/mol. The average molecular weight is 796 g/mol. The molecule has 6 N–H and O–H groups in total. The van der Waals surface area contributed by atoms with Crippen molar-refractivity contribution < 1.29 is 39.8 Å². The Labute approximate surface area is 343 Å². The Bertz CT molecular complexity index is 930. The van der Waals surface area contributed by atoms with Crippen LogP contribution in [0.4, 0.5) is 0 Å². The van der Waals surface area contributed by atoms with Gasteiger partial charge in [0, 0.05) is 6.42 Å². The van der Waals surface area contributed by atoms with E-state index in [1.54, 1.807) is 6.08 Å². The summed E-state index contributed by atoms with van der Waals surface area (Å²) in [4.78, 5) is 13.0. The number of rotatable bonds is 39. The molecule has 1 heterocycles. The van der Waals surface area contributed by atoms with Gasteiger partial charge in [-0.3, -0.25) is 4.79 Å². The van der Waals surface area contributed by atoms with Gasteiger partial charge in [-0.05, 0) is 38.5 Å². The predicted octanol–water partition coefficient (Wildman–Crippen LogP) is 9.89. The molecule has 7 atom stereocenters. The molecule has 330 valence electrons. The number of hydrogen-bond acceptors (Lipinski definition) is 8. The van der Waals surface area contributed by atoms with E-state index in [1.807, 2.05) is 6.08 Å². The van der Waals surface area contributed by atoms with Gasteiger partial charge in [-0.25, -0.2) is 0 Å². The Balaban J connectivity index is 2.30. The van der Waals surface area contributed by atoms with Crippen LogP contribution in [0.25, 0.3) is 0 Å². The van der Waals surface area contributed by atoms with E-state index in [2.05, 4.69) is 31.3 Å². The highest BCUT2D eigenvalue weighted by molar-refractivity contribution is 5.76. The van der Waals surface area contributed by atoms with Crippen molar-refractivity contribution in [1.29, 1.82) is 0 Å². The number of nitrogens with one attached hydrogen (secondary N) is 1. The number of hydrogen-bond donors (Lipinski definition) is 6. The first-order chi connectivity index (χ1) is 27.3. The first kappa shape index (κ1) is 52.7. The fraction of sp³-hybridized carbons (Fsp3) is 0.894. The second-order valence-corrected chi connectivity index (χ2v) is 16.5. The quantitative estimate of drug-likeness (QED) is 0.0266. The lowest BCUT2D eigenvalue weighted by Crippen LogP contribution is -2.60. The minimum atomic E-state index is -1.56. The van der Waals surface area contributed by atoms with E-state index in [9.17, 15) is 30.3 Å². The molecule has 1 aliphatic heterocycles. The molecule has 0 spiro atoms. The highest BCUT2D eigenvalue weighted by atomic mass is 16.7. The van der Waals surface area contributed by atoms with Gasteiger partial charge in [0.2, 0.25) is 5.91 Å². The topological polar surface area (TPSA) is 149 Å². The molecule has 0 aromatic rings. The predicted molar refractivity (Wildman–Crippen MR) is 230 cm³/mol. The Morgan fingerprint density at radius 1 is 0.589 bits per heavy atom. The van der Waals surface area contributed by atoms with Crippen LogP contribution in [0.15, 0.2) is 24.3 Å². The van der Waals surface area contributed by atoms with Gasteiger partial charge in [-0.15, -0.1) is 0 Å². The zero-order valence-corrected chi connectivity index (χ0v) is 36.1. The van der Waals surface area contributed by atoms with Gasteiger partial charge in [0.25, 0.3) is 0 Å². The number of unbranched alkanes of at least 4 members (excludes halogenated alkanes) is 27. The van der Waals surface area contributed by atoms with Crippen LogP contribution < -0.4 is 5.32 Å². The van der Waals surface area contributed by atoms with E-state index in [4.69, 9.17) is 9.47 Å². The van der Waals surface area contributed by atoms with Crippen molar-refractivity contribution in [2.24, 2.45) is 0 Å². The lowest BCUT2D eigenvalue weighted by atomic mass is 9.99. The molecule has 1 aliphatic rings. The van der Waals surface area contributed by atoms with Crippen LogP contribution in [0.5, 0.6) is 0 Å². The lowest BCUT2D eigenvalue weighted by Gasteiger charge is -2.40. The van der Waals surface area contributed by atoms with E-state index in [-0.39, 0.29) is 12.5 Å². The van der Waals surface area contributed by atoms with E-state index < -0.39 is 49.5 Å². The maximum atomic E-state index is 13.0. The molecule has 1 rings (SSSR count). The fourth-order valence-corrected chi connectivity index (χ4v) is 7.45. The van der Waals surface area contributed by atoms with Gasteiger partial charge in [-0.2, -0.15) is 0 Å². The molecule has 1 fully saturated rings. The van der Waals surface area contributed by atoms with E-state index in [1.165, 1.54) is 148 Å². The largest absolute Gasteiger partial charge is 0.394 e. The molecule has 2 unspecified atom stereocenters. The second kappa shape index (κ2) is 37.9. The van der Waals surface area contributed by atoms with Crippen LogP contribution >= 0.6 is 0 Å². The van der Waals surface area contributed by atoms with Gasteiger partial charge >= 0.3 is 0 Å². The van der Waals surface area contributed by atoms with Gasteiger partial charge in [0.15, 0.2) is 6.29 Å². The summed E-state index contributed by atoms with van der Waals surface area (Å²) in [7, 11) is 0. The highest BCUT2D eigenvalue weighted by Gasteiger charge is 2.44. The zero-order chi connectivity index (χ0) is 40.9. The van der Waals surface area contributed by atoms with Crippen molar-refractivity contribution in [2.75, 3.05) is 13.2 Å². The highest BCUT2D eigenvalue weighted by Crippen LogP contribution is 2.23. The van der Waals surface area contributed by atoms with E-state index >= 15 is 0 Å². The molecule has 0 bridgehead atoms. The fourth-order valence-electron chi connectivity index (χ4n) is 7.45. The molecule has 0 radical (unpaired) electrons. The van der Waals surface area contributed by atoms with Crippen LogP contribution in [-0.4, -0.2) is 87.5 Å². The van der Waals surface area contributed by atoms with Crippen molar-refractivity contribution in [3.8, 4) is 0 Å². The Morgan fingerprint density at radius 3 is 1.52 bits per heavy atom. The Morgan fingerprint density at radius 2 is 1.04 bits per heavy atom. The third kappa shape index (κ3) is 28.2. The van der Waals surface area contributed by atoms with E-state index in [0.717, 1.165) is 44.9 Å². The van der Waals surface area contributed by atoms with Crippen LogP contribution in [0.2, 0.25) is 0 Å². The maximum Gasteiger partial charge on any atom is 0.220 e. The normalized spacial score (nSPS) is 21.3. The molecule has 9 nitrogen and oxygen atoms in total. The average Bonchev–Trinajstić information content (AvgIpc) is 3.20. The Kier molecular flexibility index (Phi) is 35.7. The van der Waals surface area contributed by atoms with Crippen molar-refractivity contribution in [2.45, 2.75) is 256 Å². The lowest BCUT2D eigenvalue weighted by molar-refractivity contribution is -0.302. The summed E-state index contributed by atoms with van der Waals surface area (Å²) in [5.41, 5.74) is 0. The number of ether oxygens (including phenoxy) is 2. The maximum absolute atomic E-state index is 13.0. The molecule has 0 aromatic heterocycles. The summed E-state index contributed by atoms with van der Waals surface area (Å²) >= 11 is 0. The summed E-state index contributed by atoms with van der Waals surface area (Å²) in [6, 6.07) is -0.803. The van der Waals surface area contributed by atoms with Crippen molar-refractivity contribution in [3.63, 3.8) is 0 Å². The number of aliphatic hydroxyl groups is 5. The number of aliphatic hydroxyl groups excluding tert-OH is 5. The molecule has 1 amide bonds. The van der Waals surface area contributed by atoms with Gasteiger partial charge in [-0.1, -0.05) is 192 Å². The second-order valence-electron chi connectivity index (χ2n) is 16.5. The van der Waals surface area contributed by atoms with Crippen LogP contribution in [0.3, 0.4) is 0 Å². The third-order valence-electron chi connectivity index (χ3n) is 11.3. The smallest absolute Gasteiger partial charge is 0.220 e. The summed E-state index contributed by atoms with van der Waals surface area (Å²) in [6.45, 7) is 3.72. The minimum absolute atomic E-state index is 0.178. The van der Waals surface area contributed by atoms with Gasteiger partial charge in [0.05, 0.1) is 25.4 Å². The molecule has 0 aromatic carbocycles. The first-order valence-electron chi connectivity index (χ1n) is 23.6. The van der Waals surface area contributed by atoms with E-state index in [0.29, 0.717) is 6.42 Å². The third-order valence-corrected chi connectivity index (χ3v) is 11.3. The van der Waals surface area contributed by atoms with Crippen molar-refractivity contribution >= 4 is 5.91 Å². The molecule has 9 heteroatoms. The summed E-state index contributed by atoms with van der Waals surface area (Å²) < 4.78 is 11.2.